The Kier molecular flexibility index (Phi) is 4.56. The van der Waals surface area contributed by atoms with E-state index in [1.54, 1.807) is 0 Å². The van der Waals surface area contributed by atoms with Crippen molar-refractivity contribution in [2.75, 3.05) is 0 Å². The second-order valence-corrected chi connectivity index (χ2v) is 5.36. The maximum atomic E-state index is 12.2. The van der Waals surface area contributed by atoms with Gasteiger partial charge in [0.25, 0.3) is 11.8 Å². The monoisotopic (exact) mass is 324 g/mol. The molecule has 0 radical (unpaired) electrons. The second-order valence-electron chi connectivity index (χ2n) is 5.36. The zero-order valence-electron chi connectivity index (χ0n) is 12.8. The van der Waals surface area contributed by atoms with Crippen molar-refractivity contribution in [3.05, 3.63) is 71.8 Å². The molecule has 0 saturated carbocycles. The average Bonchev–Trinajstić information content (AvgIpc) is 2.93. The van der Waals surface area contributed by atoms with E-state index in [1.807, 2.05) is 60.7 Å². The maximum absolute atomic E-state index is 12.2. The molecule has 3 rings (SSSR count). The molecule has 1 aliphatic rings. The molecule has 1 fully saturated rings. The summed E-state index contributed by atoms with van der Waals surface area (Å²) in [6.45, 7) is 0. The number of hydrogen-bond acceptors (Lipinski definition) is 4. The molecular weight excluding hydrogens is 308 g/mol. The molecular formula is C18H16N2O4. The van der Waals surface area contributed by atoms with Crippen LogP contribution in [-0.4, -0.2) is 23.0 Å². The molecule has 0 unspecified atom stereocenters. The lowest BCUT2D eigenvalue weighted by atomic mass is 9.99. The second kappa shape index (κ2) is 6.95. The lowest BCUT2D eigenvalue weighted by Crippen LogP contribution is -2.38. The normalized spacial score (nSPS) is 14.1. The molecule has 2 aromatic carbocycles. The quantitative estimate of drug-likeness (QED) is 0.877. The van der Waals surface area contributed by atoms with E-state index in [-0.39, 0.29) is 12.8 Å². The minimum atomic E-state index is -0.851. The van der Waals surface area contributed by atoms with E-state index >= 15 is 0 Å². The summed E-state index contributed by atoms with van der Waals surface area (Å²) in [5, 5.41) is 3.24. The fourth-order valence-corrected chi connectivity index (χ4v) is 2.54. The van der Waals surface area contributed by atoms with Crippen molar-refractivity contribution < 1.29 is 19.2 Å². The summed E-state index contributed by atoms with van der Waals surface area (Å²) in [6, 6.07) is 18.3. The van der Waals surface area contributed by atoms with Crippen molar-refractivity contribution in [1.29, 1.82) is 0 Å². The van der Waals surface area contributed by atoms with Crippen molar-refractivity contribution in [3.63, 3.8) is 0 Å². The Morgan fingerprint density at radius 3 is 1.79 bits per heavy atom. The Hall–Kier alpha value is -3.15. The van der Waals surface area contributed by atoms with E-state index in [0.29, 0.717) is 5.06 Å². The van der Waals surface area contributed by atoms with E-state index in [1.165, 1.54) is 0 Å². The summed E-state index contributed by atoms with van der Waals surface area (Å²) in [5.74, 6) is -1.02. The van der Waals surface area contributed by atoms with Crippen LogP contribution < -0.4 is 5.32 Å². The van der Waals surface area contributed by atoms with Crippen LogP contribution in [0.15, 0.2) is 60.7 Å². The van der Waals surface area contributed by atoms with Gasteiger partial charge in [0.05, 0.1) is 6.04 Å². The lowest BCUT2D eigenvalue weighted by Gasteiger charge is -2.21. The Labute approximate surface area is 139 Å². The molecule has 0 aromatic heterocycles. The van der Waals surface area contributed by atoms with Gasteiger partial charge in [-0.3, -0.25) is 9.59 Å². The molecule has 1 aliphatic heterocycles. The van der Waals surface area contributed by atoms with Crippen LogP contribution in [-0.2, 0) is 14.4 Å². The zero-order chi connectivity index (χ0) is 16.9. The number of carbonyl (C=O) groups is 3. The molecule has 1 heterocycles. The zero-order valence-corrected chi connectivity index (χ0v) is 12.8. The Morgan fingerprint density at radius 2 is 1.33 bits per heavy atom. The third-order valence-electron chi connectivity index (χ3n) is 3.71. The molecule has 3 amide bonds. The minimum absolute atomic E-state index is 0.0624. The summed E-state index contributed by atoms with van der Waals surface area (Å²) >= 11 is 0. The predicted molar refractivity (Wildman–Crippen MR) is 85.4 cm³/mol. The number of carbonyl (C=O) groups excluding carboxylic acids is 3. The van der Waals surface area contributed by atoms with Gasteiger partial charge in [-0.25, -0.2) is 4.79 Å². The number of imide groups is 1. The van der Waals surface area contributed by atoms with E-state index in [2.05, 4.69) is 5.32 Å². The van der Waals surface area contributed by atoms with Crippen molar-refractivity contribution in [3.8, 4) is 0 Å². The Balaban J connectivity index is 1.78. The summed E-state index contributed by atoms with van der Waals surface area (Å²) < 4.78 is 0. The van der Waals surface area contributed by atoms with Crippen molar-refractivity contribution >= 4 is 17.9 Å². The largest absolute Gasteiger partial charge is 0.432 e. The highest BCUT2D eigenvalue weighted by molar-refractivity contribution is 6.01. The molecule has 6 nitrogen and oxygen atoms in total. The highest BCUT2D eigenvalue weighted by Gasteiger charge is 2.33. The highest BCUT2D eigenvalue weighted by atomic mass is 16.7. The standard InChI is InChI=1S/C18H16N2O4/c21-15-11-12-16(22)20(15)24-18(23)19-17(13-7-3-1-4-8-13)14-9-5-2-6-10-14/h1-10,17H,11-12H2,(H,19,23). The molecule has 0 spiro atoms. The average molecular weight is 324 g/mol. The number of benzene rings is 2. The van der Waals surface area contributed by atoms with Crippen molar-refractivity contribution in [1.82, 2.24) is 10.4 Å². The van der Waals surface area contributed by atoms with Gasteiger partial charge in [0.15, 0.2) is 0 Å². The summed E-state index contributed by atoms with van der Waals surface area (Å²) in [7, 11) is 0. The minimum Gasteiger partial charge on any atom is -0.311 e. The van der Waals surface area contributed by atoms with Gasteiger partial charge in [0.2, 0.25) is 0 Å². The fraction of sp³-hybridized carbons (Fsp3) is 0.167. The van der Waals surface area contributed by atoms with Gasteiger partial charge in [0, 0.05) is 12.8 Å². The van der Waals surface area contributed by atoms with Crippen LogP contribution in [0, 0.1) is 0 Å². The predicted octanol–water partition coefficient (Wildman–Crippen LogP) is 2.57. The van der Waals surface area contributed by atoms with Crippen LogP contribution in [0.1, 0.15) is 30.0 Å². The van der Waals surface area contributed by atoms with Gasteiger partial charge in [0.1, 0.15) is 0 Å². The first kappa shape index (κ1) is 15.7. The number of hydrogen-bond donors (Lipinski definition) is 1. The Morgan fingerprint density at radius 1 is 0.875 bits per heavy atom. The van der Waals surface area contributed by atoms with Crippen LogP contribution >= 0.6 is 0 Å². The number of rotatable bonds is 4. The van der Waals surface area contributed by atoms with Crippen LogP contribution in [0.25, 0.3) is 0 Å². The van der Waals surface area contributed by atoms with Crippen molar-refractivity contribution in [2.24, 2.45) is 0 Å². The van der Waals surface area contributed by atoms with Crippen LogP contribution in [0.3, 0.4) is 0 Å². The molecule has 1 saturated heterocycles. The summed E-state index contributed by atoms with van der Waals surface area (Å²) in [4.78, 5) is 40.2. The molecule has 0 bridgehead atoms. The molecule has 1 N–H and O–H groups in total. The summed E-state index contributed by atoms with van der Waals surface area (Å²) in [5.41, 5.74) is 1.72. The topological polar surface area (TPSA) is 75.7 Å². The SMILES string of the molecule is O=C(NC(c1ccccc1)c1ccccc1)ON1C(=O)CCC1=O. The fourth-order valence-electron chi connectivity index (χ4n) is 2.54. The van der Waals surface area contributed by atoms with E-state index in [4.69, 9.17) is 4.84 Å². The number of nitrogens with zero attached hydrogens (tertiary/aromatic N) is 1. The molecule has 6 heteroatoms. The summed E-state index contributed by atoms with van der Waals surface area (Å²) in [6.07, 6.45) is -0.726. The Bertz CT molecular complexity index is 691. The first-order valence-corrected chi connectivity index (χ1v) is 7.59. The molecule has 122 valence electrons. The van der Waals surface area contributed by atoms with Gasteiger partial charge in [-0.1, -0.05) is 60.7 Å². The van der Waals surface area contributed by atoms with E-state index < -0.39 is 23.9 Å². The van der Waals surface area contributed by atoms with Crippen molar-refractivity contribution in [2.45, 2.75) is 18.9 Å². The number of amides is 3. The number of nitrogens with one attached hydrogen (secondary N) is 1. The van der Waals surface area contributed by atoms with Gasteiger partial charge >= 0.3 is 6.09 Å². The highest BCUT2D eigenvalue weighted by Crippen LogP contribution is 2.22. The third kappa shape index (κ3) is 3.43. The van der Waals surface area contributed by atoms with E-state index in [0.717, 1.165) is 11.1 Å². The van der Waals surface area contributed by atoms with E-state index in [9.17, 15) is 14.4 Å². The van der Waals surface area contributed by atoms with Crippen LogP contribution in [0.4, 0.5) is 4.79 Å². The smallest absolute Gasteiger partial charge is 0.311 e. The van der Waals surface area contributed by atoms with Gasteiger partial charge < -0.3 is 10.2 Å². The van der Waals surface area contributed by atoms with Gasteiger partial charge in [-0.15, -0.1) is 5.06 Å². The van der Waals surface area contributed by atoms with Crippen LogP contribution in [0.2, 0.25) is 0 Å². The lowest BCUT2D eigenvalue weighted by molar-refractivity contribution is -0.171. The van der Waals surface area contributed by atoms with Gasteiger partial charge in [-0.05, 0) is 11.1 Å². The molecule has 0 aliphatic carbocycles. The maximum Gasteiger partial charge on any atom is 0.432 e. The van der Waals surface area contributed by atoms with Crippen LogP contribution in [0.5, 0.6) is 0 Å². The van der Waals surface area contributed by atoms with Gasteiger partial charge in [-0.2, -0.15) is 0 Å². The molecule has 2 aromatic rings. The number of hydroxylamine groups is 2. The first-order valence-electron chi connectivity index (χ1n) is 7.59. The molecule has 0 atom stereocenters. The first-order chi connectivity index (χ1) is 11.6. The third-order valence-corrected chi connectivity index (χ3v) is 3.71. The molecule has 24 heavy (non-hydrogen) atoms.